The highest BCUT2D eigenvalue weighted by atomic mass is 14.7. The van der Waals surface area contributed by atoms with Crippen molar-refractivity contribution < 1.29 is 0 Å². The van der Waals surface area contributed by atoms with Gasteiger partial charge in [-0.2, -0.15) is 0 Å². The lowest BCUT2D eigenvalue weighted by molar-refractivity contribution is 0.191. The van der Waals surface area contributed by atoms with Crippen LogP contribution in [0, 0.1) is 11.8 Å². The van der Waals surface area contributed by atoms with Crippen LogP contribution in [0.25, 0.3) is 22.4 Å². The standard InChI is InChI=1S/C23H20BN/c24-23(20-10-11-21(23)14-20)19-8-4-7-17(13-19)18-9-12-22(25-15-18)16-5-2-1-3-6-16/h1-9,12-13,15,20-21H,10-11,14H2. The van der Waals surface area contributed by atoms with Gasteiger partial charge in [0.05, 0.1) is 13.5 Å². The summed E-state index contributed by atoms with van der Waals surface area (Å²) in [5.41, 5.74) is 5.82. The third-order valence-electron chi connectivity index (χ3n) is 6.31. The zero-order valence-corrected chi connectivity index (χ0v) is 14.2. The van der Waals surface area contributed by atoms with Crippen molar-refractivity contribution >= 4 is 7.85 Å². The maximum Gasteiger partial charge on any atom is 0.0818 e. The molecule has 1 heterocycles. The smallest absolute Gasteiger partial charge is 0.0818 e. The average molecular weight is 321 g/mol. The van der Waals surface area contributed by atoms with Crippen LogP contribution < -0.4 is 0 Å². The molecule has 25 heavy (non-hydrogen) atoms. The highest BCUT2D eigenvalue weighted by Crippen LogP contribution is 2.61. The number of rotatable bonds is 3. The maximum atomic E-state index is 6.81. The van der Waals surface area contributed by atoms with Gasteiger partial charge in [0.25, 0.3) is 0 Å². The van der Waals surface area contributed by atoms with Gasteiger partial charge in [-0.3, -0.25) is 4.98 Å². The first-order valence-corrected chi connectivity index (χ1v) is 9.16. The number of benzene rings is 2. The summed E-state index contributed by atoms with van der Waals surface area (Å²) in [6, 6.07) is 23.3. The van der Waals surface area contributed by atoms with E-state index in [0.717, 1.165) is 16.8 Å². The van der Waals surface area contributed by atoms with Gasteiger partial charge in [0.1, 0.15) is 0 Å². The average Bonchev–Trinajstić information content (AvgIpc) is 3.32. The van der Waals surface area contributed by atoms with Crippen LogP contribution >= 0.6 is 0 Å². The molecular formula is C23H20BN. The molecule has 6 rings (SSSR count). The Kier molecular flexibility index (Phi) is 3.34. The second kappa shape index (κ2) is 5.59. The molecule has 2 unspecified atom stereocenters. The Bertz CT molecular complexity index is 887. The van der Waals surface area contributed by atoms with Crippen LogP contribution in [-0.2, 0) is 5.31 Å². The van der Waals surface area contributed by atoms with Crippen molar-refractivity contribution in [2.75, 3.05) is 0 Å². The van der Waals surface area contributed by atoms with Gasteiger partial charge in [-0.05, 0) is 40.8 Å². The van der Waals surface area contributed by atoms with Crippen molar-refractivity contribution in [3.8, 4) is 22.4 Å². The largest absolute Gasteiger partial charge is 0.256 e. The molecule has 3 aliphatic carbocycles. The van der Waals surface area contributed by atoms with E-state index in [1.54, 1.807) is 0 Å². The fourth-order valence-corrected chi connectivity index (χ4v) is 4.81. The van der Waals surface area contributed by atoms with Crippen LogP contribution in [0.2, 0.25) is 0 Å². The zero-order valence-electron chi connectivity index (χ0n) is 14.2. The molecule has 1 nitrogen and oxygen atoms in total. The Hall–Kier alpha value is -2.35. The van der Waals surface area contributed by atoms with Crippen LogP contribution in [0.15, 0.2) is 72.9 Å². The molecule has 0 spiro atoms. The van der Waals surface area contributed by atoms with Gasteiger partial charge < -0.3 is 0 Å². The van der Waals surface area contributed by atoms with E-state index in [1.165, 1.54) is 30.4 Å². The van der Waals surface area contributed by atoms with Crippen LogP contribution in [-0.4, -0.2) is 12.8 Å². The fourth-order valence-electron chi connectivity index (χ4n) is 4.81. The molecule has 0 aliphatic heterocycles. The molecule has 120 valence electrons. The van der Waals surface area contributed by atoms with E-state index in [-0.39, 0.29) is 5.31 Å². The van der Waals surface area contributed by atoms with Crippen molar-refractivity contribution in [2.45, 2.75) is 24.6 Å². The summed E-state index contributed by atoms with van der Waals surface area (Å²) < 4.78 is 0. The number of nitrogens with zero attached hydrogens (tertiary/aromatic N) is 1. The highest BCUT2D eigenvalue weighted by Gasteiger charge is 2.55. The quantitative estimate of drug-likeness (QED) is 0.604. The van der Waals surface area contributed by atoms with Crippen LogP contribution in [0.1, 0.15) is 24.8 Å². The molecule has 3 aromatic rings. The molecule has 3 fully saturated rings. The molecule has 0 saturated heterocycles. The minimum atomic E-state index is -0.0899. The zero-order chi connectivity index (χ0) is 16.9. The summed E-state index contributed by atoms with van der Waals surface area (Å²) in [6.45, 7) is 0. The predicted octanol–water partition coefficient (Wildman–Crippen LogP) is 5.21. The molecule has 2 bridgehead atoms. The van der Waals surface area contributed by atoms with E-state index >= 15 is 0 Å². The molecule has 2 heteroatoms. The number of fused-ring (bicyclic) bond motifs is 1. The highest BCUT2D eigenvalue weighted by molar-refractivity contribution is 6.17. The third-order valence-corrected chi connectivity index (χ3v) is 6.31. The Morgan fingerprint density at radius 1 is 0.800 bits per heavy atom. The first-order valence-electron chi connectivity index (χ1n) is 9.16. The lowest BCUT2D eigenvalue weighted by Gasteiger charge is -2.48. The number of aromatic nitrogens is 1. The Morgan fingerprint density at radius 2 is 1.56 bits per heavy atom. The molecule has 2 radical (unpaired) electrons. The SMILES string of the molecule is [B]C1(c2cccc(-c3ccc(-c4ccccc4)nc3)c2)C2CCC1C2. The first kappa shape index (κ1) is 15.0. The van der Waals surface area contributed by atoms with E-state index in [2.05, 4.69) is 53.5 Å². The molecule has 2 atom stereocenters. The van der Waals surface area contributed by atoms with Gasteiger partial charge in [-0.25, -0.2) is 0 Å². The van der Waals surface area contributed by atoms with Crippen molar-refractivity contribution in [2.24, 2.45) is 11.8 Å². The number of hydrogen-bond donors (Lipinski definition) is 0. The Labute approximate surface area is 150 Å². The Balaban J connectivity index is 1.47. The second-order valence-electron chi connectivity index (χ2n) is 7.52. The van der Waals surface area contributed by atoms with Gasteiger partial charge >= 0.3 is 0 Å². The Morgan fingerprint density at radius 3 is 2.24 bits per heavy atom. The number of hydrogen-bond acceptors (Lipinski definition) is 1. The van der Waals surface area contributed by atoms with Gasteiger partial charge in [0.2, 0.25) is 0 Å². The summed E-state index contributed by atoms with van der Waals surface area (Å²) in [4.78, 5) is 4.66. The summed E-state index contributed by atoms with van der Waals surface area (Å²) in [5.74, 6) is 1.35. The monoisotopic (exact) mass is 321 g/mol. The first-order chi connectivity index (χ1) is 12.2. The van der Waals surface area contributed by atoms with Crippen molar-refractivity contribution in [3.63, 3.8) is 0 Å². The summed E-state index contributed by atoms with van der Waals surface area (Å²) in [6.07, 6.45) is 5.87. The maximum absolute atomic E-state index is 6.81. The van der Waals surface area contributed by atoms with Crippen molar-refractivity contribution in [3.05, 3.63) is 78.5 Å². The van der Waals surface area contributed by atoms with Crippen LogP contribution in [0.5, 0.6) is 0 Å². The summed E-state index contributed by atoms with van der Waals surface area (Å²) in [7, 11) is 6.81. The van der Waals surface area contributed by atoms with Crippen LogP contribution in [0.4, 0.5) is 0 Å². The number of pyridine rings is 1. The van der Waals surface area contributed by atoms with Gasteiger partial charge in [-0.1, -0.05) is 73.5 Å². The van der Waals surface area contributed by atoms with E-state index in [4.69, 9.17) is 7.85 Å². The molecule has 2 aromatic carbocycles. The van der Waals surface area contributed by atoms with Gasteiger partial charge in [0.15, 0.2) is 0 Å². The molecule has 3 aliphatic rings. The molecule has 1 aromatic heterocycles. The van der Waals surface area contributed by atoms with E-state index in [0.29, 0.717) is 11.8 Å². The van der Waals surface area contributed by atoms with Crippen LogP contribution in [0.3, 0.4) is 0 Å². The van der Waals surface area contributed by atoms with Gasteiger partial charge in [0, 0.05) is 17.3 Å². The fraction of sp³-hybridized carbons (Fsp3) is 0.261. The minimum Gasteiger partial charge on any atom is -0.256 e. The summed E-state index contributed by atoms with van der Waals surface area (Å²) in [5, 5.41) is -0.0899. The molecule has 3 saturated carbocycles. The van der Waals surface area contributed by atoms with E-state index in [1.807, 2.05) is 24.4 Å². The minimum absolute atomic E-state index is 0.0899. The topological polar surface area (TPSA) is 12.9 Å². The van der Waals surface area contributed by atoms with E-state index < -0.39 is 0 Å². The normalized spacial score (nSPS) is 27.0. The van der Waals surface area contributed by atoms with Gasteiger partial charge in [-0.15, -0.1) is 0 Å². The molecule has 0 amide bonds. The predicted molar refractivity (Wildman–Crippen MR) is 103 cm³/mol. The van der Waals surface area contributed by atoms with E-state index in [9.17, 15) is 0 Å². The second-order valence-corrected chi connectivity index (χ2v) is 7.52. The molecular weight excluding hydrogens is 301 g/mol. The van der Waals surface area contributed by atoms with Crippen molar-refractivity contribution in [1.29, 1.82) is 0 Å². The lowest BCUT2D eigenvalue weighted by Crippen LogP contribution is -2.47. The molecule has 0 N–H and O–H groups in total. The van der Waals surface area contributed by atoms with Crippen molar-refractivity contribution in [1.82, 2.24) is 4.98 Å². The third kappa shape index (κ3) is 2.27. The lowest BCUT2D eigenvalue weighted by atomic mass is 9.44. The summed E-state index contributed by atoms with van der Waals surface area (Å²) >= 11 is 0.